The van der Waals surface area contributed by atoms with E-state index in [0.717, 1.165) is 0 Å². The maximum absolute atomic E-state index is 10.9. The van der Waals surface area contributed by atoms with Gasteiger partial charge in [0, 0.05) is 6.20 Å². The number of aromatic nitrogens is 3. The SMILES string of the molecule is NC(=O)c1ccnc2cncnc12. The second-order valence-corrected chi connectivity index (χ2v) is 2.48. The van der Waals surface area contributed by atoms with Gasteiger partial charge in [0.15, 0.2) is 0 Å². The predicted molar refractivity (Wildman–Crippen MR) is 45.9 cm³/mol. The summed E-state index contributed by atoms with van der Waals surface area (Å²) < 4.78 is 0. The third-order valence-electron chi connectivity index (χ3n) is 1.67. The van der Waals surface area contributed by atoms with Crippen LogP contribution >= 0.6 is 0 Å². The lowest BCUT2D eigenvalue weighted by Gasteiger charge is -1.98. The minimum Gasteiger partial charge on any atom is -0.366 e. The van der Waals surface area contributed by atoms with Crippen molar-refractivity contribution < 1.29 is 4.79 Å². The predicted octanol–water partition coefficient (Wildman–Crippen LogP) is 0.124. The number of pyridine rings is 1. The second-order valence-electron chi connectivity index (χ2n) is 2.48. The Kier molecular flexibility index (Phi) is 1.63. The van der Waals surface area contributed by atoms with Crippen LogP contribution in [0.4, 0.5) is 0 Å². The van der Waals surface area contributed by atoms with Gasteiger partial charge in [-0.15, -0.1) is 0 Å². The van der Waals surface area contributed by atoms with Crippen LogP contribution in [0.5, 0.6) is 0 Å². The molecule has 5 nitrogen and oxygen atoms in total. The maximum atomic E-state index is 10.9. The van der Waals surface area contributed by atoms with E-state index in [0.29, 0.717) is 16.6 Å². The van der Waals surface area contributed by atoms with Crippen LogP contribution in [-0.4, -0.2) is 20.9 Å². The maximum Gasteiger partial charge on any atom is 0.251 e. The summed E-state index contributed by atoms with van der Waals surface area (Å²) in [6.45, 7) is 0. The Morgan fingerprint density at radius 1 is 1.38 bits per heavy atom. The molecule has 64 valence electrons. The third kappa shape index (κ3) is 1.20. The lowest BCUT2D eigenvalue weighted by atomic mass is 10.2. The number of fused-ring (bicyclic) bond motifs is 1. The zero-order chi connectivity index (χ0) is 9.26. The minimum atomic E-state index is -0.508. The molecule has 0 aliphatic rings. The third-order valence-corrected chi connectivity index (χ3v) is 1.67. The van der Waals surface area contributed by atoms with Crippen LogP contribution in [0.15, 0.2) is 24.8 Å². The molecule has 0 fully saturated rings. The van der Waals surface area contributed by atoms with Crippen molar-refractivity contribution in [2.24, 2.45) is 5.73 Å². The molecule has 0 aromatic carbocycles. The molecule has 13 heavy (non-hydrogen) atoms. The van der Waals surface area contributed by atoms with Crippen LogP contribution in [0, 0.1) is 0 Å². The van der Waals surface area contributed by atoms with Crippen molar-refractivity contribution in [3.8, 4) is 0 Å². The molecule has 5 heteroatoms. The lowest BCUT2D eigenvalue weighted by Crippen LogP contribution is -2.12. The summed E-state index contributed by atoms with van der Waals surface area (Å²) in [6.07, 6.45) is 4.40. The number of nitrogens with two attached hydrogens (primary N) is 1. The Morgan fingerprint density at radius 2 is 2.23 bits per heavy atom. The Hall–Kier alpha value is -2.04. The first-order valence-corrected chi connectivity index (χ1v) is 3.63. The summed E-state index contributed by atoms with van der Waals surface area (Å²) in [7, 11) is 0. The van der Waals surface area contributed by atoms with E-state index in [-0.39, 0.29) is 0 Å². The number of carbonyl (C=O) groups is 1. The van der Waals surface area contributed by atoms with E-state index in [4.69, 9.17) is 5.73 Å². The minimum absolute atomic E-state index is 0.368. The van der Waals surface area contributed by atoms with E-state index in [1.165, 1.54) is 24.8 Å². The van der Waals surface area contributed by atoms with Crippen molar-refractivity contribution in [3.63, 3.8) is 0 Å². The van der Waals surface area contributed by atoms with Gasteiger partial charge in [-0.1, -0.05) is 0 Å². The van der Waals surface area contributed by atoms with Crippen molar-refractivity contribution in [1.82, 2.24) is 15.0 Å². The van der Waals surface area contributed by atoms with E-state index < -0.39 is 5.91 Å². The molecule has 2 heterocycles. The molecule has 2 aromatic rings. The Morgan fingerprint density at radius 3 is 3.00 bits per heavy atom. The molecule has 2 aromatic heterocycles. The number of hydrogen-bond donors (Lipinski definition) is 1. The van der Waals surface area contributed by atoms with Gasteiger partial charge in [-0.3, -0.25) is 9.78 Å². The molecule has 0 bridgehead atoms. The van der Waals surface area contributed by atoms with Gasteiger partial charge in [0.05, 0.1) is 11.8 Å². The average molecular weight is 174 g/mol. The number of hydrogen-bond acceptors (Lipinski definition) is 4. The summed E-state index contributed by atoms with van der Waals surface area (Å²) in [5, 5.41) is 0. The van der Waals surface area contributed by atoms with Crippen LogP contribution in [-0.2, 0) is 0 Å². The first-order chi connectivity index (χ1) is 6.29. The molecule has 1 amide bonds. The summed E-state index contributed by atoms with van der Waals surface area (Å²) in [6, 6.07) is 1.54. The van der Waals surface area contributed by atoms with Gasteiger partial charge >= 0.3 is 0 Å². The number of nitrogens with zero attached hydrogens (tertiary/aromatic N) is 3. The first kappa shape index (κ1) is 7.60. The zero-order valence-electron chi connectivity index (χ0n) is 6.64. The van der Waals surface area contributed by atoms with Crippen molar-refractivity contribution in [3.05, 3.63) is 30.4 Å². The molecule has 0 saturated carbocycles. The number of rotatable bonds is 1. The highest BCUT2D eigenvalue weighted by Crippen LogP contribution is 2.10. The fourth-order valence-electron chi connectivity index (χ4n) is 1.09. The molecule has 0 saturated heterocycles. The summed E-state index contributed by atoms with van der Waals surface area (Å²) in [4.78, 5) is 22.7. The first-order valence-electron chi connectivity index (χ1n) is 3.63. The summed E-state index contributed by atoms with van der Waals surface area (Å²) in [5.74, 6) is -0.508. The van der Waals surface area contributed by atoms with E-state index >= 15 is 0 Å². The van der Waals surface area contributed by atoms with Gasteiger partial charge in [0.2, 0.25) is 0 Å². The van der Waals surface area contributed by atoms with Gasteiger partial charge < -0.3 is 5.73 Å². The quantitative estimate of drug-likeness (QED) is 0.665. The van der Waals surface area contributed by atoms with Crippen LogP contribution in [0.1, 0.15) is 10.4 Å². The molecular weight excluding hydrogens is 168 g/mol. The Bertz CT molecular complexity index is 463. The van der Waals surface area contributed by atoms with Gasteiger partial charge in [-0.05, 0) is 6.07 Å². The highest BCUT2D eigenvalue weighted by molar-refractivity contribution is 6.03. The lowest BCUT2D eigenvalue weighted by molar-refractivity contribution is 0.100. The molecular formula is C8H6N4O. The van der Waals surface area contributed by atoms with Crippen molar-refractivity contribution in [1.29, 1.82) is 0 Å². The molecule has 2 rings (SSSR count). The molecule has 0 aliphatic carbocycles. The van der Waals surface area contributed by atoms with Crippen LogP contribution in [0.25, 0.3) is 11.0 Å². The normalized spacial score (nSPS) is 10.2. The second kappa shape index (κ2) is 2.78. The van der Waals surface area contributed by atoms with E-state index in [1.807, 2.05) is 0 Å². The fourth-order valence-corrected chi connectivity index (χ4v) is 1.09. The van der Waals surface area contributed by atoms with Crippen LogP contribution in [0.3, 0.4) is 0 Å². The molecule has 0 unspecified atom stereocenters. The standard InChI is InChI=1S/C8H6N4O/c9-8(13)5-1-2-11-6-3-10-4-12-7(5)6/h1-4H,(H2,9,13). The van der Waals surface area contributed by atoms with E-state index in [2.05, 4.69) is 15.0 Å². The average Bonchev–Trinajstić information content (AvgIpc) is 2.17. The largest absolute Gasteiger partial charge is 0.366 e. The zero-order valence-corrected chi connectivity index (χ0v) is 6.64. The van der Waals surface area contributed by atoms with Crippen molar-refractivity contribution in [2.75, 3.05) is 0 Å². The highest BCUT2D eigenvalue weighted by Gasteiger charge is 2.06. The molecule has 0 atom stereocenters. The van der Waals surface area contributed by atoms with Crippen LogP contribution in [0.2, 0.25) is 0 Å². The topological polar surface area (TPSA) is 81.8 Å². The van der Waals surface area contributed by atoms with Crippen molar-refractivity contribution >= 4 is 16.9 Å². The van der Waals surface area contributed by atoms with Gasteiger partial charge in [0.25, 0.3) is 5.91 Å². The number of primary amides is 1. The van der Waals surface area contributed by atoms with Crippen molar-refractivity contribution in [2.45, 2.75) is 0 Å². The monoisotopic (exact) mass is 174 g/mol. The van der Waals surface area contributed by atoms with Gasteiger partial charge in [-0.2, -0.15) is 0 Å². The number of amides is 1. The summed E-state index contributed by atoms with van der Waals surface area (Å²) >= 11 is 0. The molecule has 0 radical (unpaired) electrons. The fraction of sp³-hybridized carbons (Fsp3) is 0. The highest BCUT2D eigenvalue weighted by atomic mass is 16.1. The molecule has 0 aliphatic heterocycles. The van der Waals surface area contributed by atoms with Gasteiger partial charge in [-0.25, -0.2) is 9.97 Å². The summed E-state index contributed by atoms with van der Waals surface area (Å²) in [5.41, 5.74) is 6.58. The van der Waals surface area contributed by atoms with Crippen LogP contribution < -0.4 is 5.73 Å². The Labute approximate surface area is 73.6 Å². The number of carbonyl (C=O) groups excluding carboxylic acids is 1. The van der Waals surface area contributed by atoms with Gasteiger partial charge in [0.1, 0.15) is 17.4 Å². The van der Waals surface area contributed by atoms with E-state index in [1.54, 1.807) is 0 Å². The smallest absolute Gasteiger partial charge is 0.251 e. The Balaban J connectivity index is 2.83. The van der Waals surface area contributed by atoms with E-state index in [9.17, 15) is 4.79 Å². The molecule has 0 spiro atoms. The molecule has 2 N–H and O–H groups in total.